The second kappa shape index (κ2) is 6.21. The zero-order valence-electron chi connectivity index (χ0n) is 11.8. The third kappa shape index (κ3) is 3.16. The molecule has 0 bridgehead atoms. The van der Waals surface area contributed by atoms with Crippen molar-refractivity contribution < 1.29 is 9.21 Å². The van der Waals surface area contributed by atoms with Gasteiger partial charge in [0.25, 0.3) is 5.91 Å². The lowest BCUT2D eigenvalue weighted by Crippen LogP contribution is -2.41. The van der Waals surface area contributed by atoms with Crippen LogP contribution < -0.4 is 5.73 Å². The molecule has 1 aliphatic rings. The number of likely N-dealkylation sites (tertiary alicyclic amines) is 1. The summed E-state index contributed by atoms with van der Waals surface area (Å²) in [6.45, 7) is 5.43. The van der Waals surface area contributed by atoms with E-state index in [9.17, 15) is 4.79 Å². The Morgan fingerprint density at radius 1 is 1.58 bits per heavy atom. The largest absolute Gasteiger partial charge is 0.455 e. The number of furan rings is 1. The maximum absolute atomic E-state index is 12.2. The van der Waals surface area contributed by atoms with Crippen molar-refractivity contribution in [3.63, 3.8) is 0 Å². The number of rotatable bonds is 5. The second-order valence-corrected chi connectivity index (χ2v) is 5.08. The Hall–Kier alpha value is -1.33. The molecule has 2 N–H and O–H groups in total. The Morgan fingerprint density at radius 3 is 3.00 bits per heavy atom. The molecule has 0 aromatic carbocycles. The quantitative estimate of drug-likeness (QED) is 0.871. The second-order valence-electron chi connectivity index (χ2n) is 5.08. The molecule has 0 aliphatic carbocycles. The van der Waals surface area contributed by atoms with Crippen LogP contribution >= 0.6 is 0 Å². The van der Waals surface area contributed by atoms with E-state index in [1.54, 1.807) is 17.0 Å². The van der Waals surface area contributed by atoms with E-state index in [0.29, 0.717) is 24.1 Å². The standard InChI is InChI=1S/C14H23N3O2/c1-3-17-8-4-5-11(17)10-16(2)14(18)13-7-6-12(9-15)19-13/h6-7,11H,3-5,8-10,15H2,1-2H3. The minimum absolute atomic E-state index is 0.0670. The zero-order valence-corrected chi connectivity index (χ0v) is 11.8. The number of hydrogen-bond acceptors (Lipinski definition) is 4. The molecule has 1 aliphatic heterocycles. The summed E-state index contributed by atoms with van der Waals surface area (Å²) in [6, 6.07) is 3.94. The van der Waals surface area contributed by atoms with Crippen LogP contribution in [0.1, 0.15) is 36.1 Å². The Labute approximate surface area is 114 Å². The van der Waals surface area contributed by atoms with Gasteiger partial charge in [-0.3, -0.25) is 9.69 Å². The molecule has 1 fully saturated rings. The highest BCUT2D eigenvalue weighted by molar-refractivity contribution is 5.91. The van der Waals surface area contributed by atoms with Gasteiger partial charge in [0.05, 0.1) is 6.54 Å². The van der Waals surface area contributed by atoms with Crippen LogP contribution in [-0.4, -0.2) is 48.4 Å². The van der Waals surface area contributed by atoms with Gasteiger partial charge >= 0.3 is 0 Å². The molecule has 19 heavy (non-hydrogen) atoms. The van der Waals surface area contributed by atoms with Crippen molar-refractivity contribution in [1.82, 2.24) is 9.80 Å². The first-order valence-corrected chi connectivity index (χ1v) is 6.94. The third-order valence-electron chi connectivity index (χ3n) is 3.81. The SMILES string of the molecule is CCN1CCCC1CN(C)C(=O)c1ccc(CN)o1. The van der Waals surface area contributed by atoms with Crippen LogP contribution in [-0.2, 0) is 6.54 Å². The maximum Gasteiger partial charge on any atom is 0.289 e. The number of hydrogen-bond donors (Lipinski definition) is 1. The highest BCUT2D eigenvalue weighted by Crippen LogP contribution is 2.18. The summed E-state index contributed by atoms with van der Waals surface area (Å²) in [4.78, 5) is 16.4. The fraction of sp³-hybridized carbons (Fsp3) is 0.643. The molecular formula is C14H23N3O2. The number of carbonyl (C=O) groups excluding carboxylic acids is 1. The first kappa shape index (κ1) is 14.1. The van der Waals surface area contributed by atoms with E-state index in [1.807, 2.05) is 7.05 Å². The minimum Gasteiger partial charge on any atom is -0.455 e. The van der Waals surface area contributed by atoms with Crippen molar-refractivity contribution in [2.24, 2.45) is 5.73 Å². The van der Waals surface area contributed by atoms with Crippen LogP contribution in [0.25, 0.3) is 0 Å². The molecule has 0 spiro atoms. The molecule has 1 saturated heterocycles. The average molecular weight is 265 g/mol. The number of likely N-dealkylation sites (N-methyl/N-ethyl adjacent to an activating group) is 2. The molecule has 1 amide bonds. The fourth-order valence-electron chi connectivity index (χ4n) is 2.71. The molecule has 2 heterocycles. The van der Waals surface area contributed by atoms with E-state index >= 15 is 0 Å². The minimum atomic E-state index is -0.0670. The van der Waals surface area contributed by atoms with Crippen LogP contribution in [0.5, 0.6) is 0 Å². The molecule has 106 valence electrons. The van der Waals surface area contributed by atoms with Gasteiger partial charge in [-0.05, 0) is 38.1 Å². The summed E-state index contributed by atoms with van der Waals surface area (Å²) < 4.78 is 5.40. The van der Waals surface area contributed by atoms with E-state index in [2.05, 4.69) is 11.8 Å². The summed E-state index contributed by atoms with van der Waals surface area (Å²) in [7, 11) is 1.83. The van der Waals surface area contributed by atoms with Gasteiger partial charge in [0.2, 0.25) is 0 Å². The van der Waals surface area contributed by atoms with Crippen molar-refractivity contribution in [1.29, 1.82) is 0 Å². The first-order valence-electron chi connectivity index (χ1n) is 6.94. The summed E-state index contributed by atoms with van der Waals surface area (Å²) in [5.74, 6) is 0.958. The average Bonchev–Trinajstić information content (AvgIpc) is 3.06. The van der Waals surface area contributed by atoms with Crippen molar-refractivity contribution in [3.8, 4) is 0 Å². The molecule has 1 atom stereocenters. The van der Waals surface area contributed by atoms with Gasteiger partial charge in [-0.25, -0.2) is 0 Å². The predicted molar refractivity (Wildman–Crippen MR) is 73.8 cm³/mol. The van der Waals surface area contributed by atoms with E-state index in [1.165, 1.54) is 6.42 Å². The van der Waals surface area contributed by atoms with Crippen molar-refractivity contribution >= 4 is 5.91 Å². The maximum atomic E-state index is 12.2. The van der Waals surface area contributed by atoms with Crippen LogP contribution in [0.4, 0.5) is 0 Å². The predicted octanol–water partition coefficient (Wildman–Crippen LogP) is 1.29. The number of amides is 1. The Kier molecular flexibility index (Phi) is 4.61. The molecule has 1 aromatic rings. The molecule has 5 nitrogen and oxygen atoms in total. The molecule has 1 aromatic heterocycles. The molecule has 2 rings (SSSR count). The van der Waals surface area contributed by atoms with Gasteiger partial charge in [-0.15, -0.1) is 0 Å². The smallest absolute Gasteiger partial charge is 0.289 e. The van der Waals surface area contributed by atoms with Crippen LogP contribution in [0, 0.1) is 0 Å². The normalized spacial score (nSPS) is 19.8. The van der Waals surface area contributed by atoms with E-state index in [4.69, 9.17) is 10.2 Å². The van der Waals surface area contributed by atoms with Crippen molar-refractivity contribution in [2.45, 2.75) is 32.4 Å². The summed E-state index contributed by atoms with van der Waals surface area (Å²) >= 11 is 0. The topological polar surface area (TPSA) is 62.7 Å². The van der Waals surface area contributed by atoms with Gasteiger partial charge < -0.3 is 15.1 Å². The van der Waals surface area contributed by atoms with Crippen LogP contribution in [0.3, 0.4) is 0 Å². The lowest BCUT2D eigenvalue weighted by atomic mass is 10.2. The molecular weight excluding hydrogens is 242 g/mol. The lowest BCUT2D eigenvalue weighted by Gasteiger charge is -2.27. The van der Waals surface area contributed by atoms with E-state index in [0.717, 1.165) is 26.1 Å². The summed E-state index contributed by atoms with van der Waals surface area (Å²) in [6.07, 6.45) is 2.39. The number of carbonyl (C=O) groups is 1. The van der Waals surface area contributed by atoms with Crippen LogP contribution in [0.15, 0.2) is 16.5 Å². The Morgan fingerprint density at radius 2 is 2.37 bits per heavy atom. The van der Waals surface area contributed by atoms with Gasteiger partial charge in [0.15, 0.2) is 5.76 Å². The lowest BCUT2D eigenvalue weighted by molar-refractivity contribution is 0.0721. The summed E-state index contributed by atoms with van der Waals surface area (Å²) in [5.41, 5.74) is 5.48. The van der Waals surface area contributed by atoms with Gasteiger partial charge in [-0.2, -0.15) is 0 Å². The number of nitrogens with two attached hydrogens (primary N) is 1. The molecule has 1 unspecified atom stereocenters. The van der Waals surface area contributed by atoms with Crippen LogP contribution in [0.2, 0.25) is 0 Å². The molecule has 0 saturated carbocycles. The Bertz CT molecular complexity index is 430. The molecule has 0 radical (unpaired) electrons. The first-order chi connectivity index (χ1) is 9.15. The number of nitrogens with zero attached hydrogens (tertiary/aromatic N) is 2. The Balaban J connectivity index is 1.95. The molecule has 5 heteroatoms. The fourth-order valence-corrected chi connectivity index (χ4v) is 2.71. The van der Waals surface area contributed by atoms with Gasteiger partial charge in [-0.1, -0.05) is 6.92 Å². The third-order valence-corrected chi connectivity index (χ3v) is 3.81. The van der Waals surface area contributed by atoms with Gasteiger partial charge in [0, 0.05) is 19.6 Å². The van der Waals surface area contributed by atoms with Crippen molar-refractivity contribution in [2.75, 3.05) is 26.7 Å². The monoisotopic (exact) mass is 265 g/mol. The van der Waals surface area contributed by atoms with Crippen molar-refractivity contribution in [3.05, 3.63) is 23.7 Å². The summed E-state index contributed by atoms with van der Waals surface area (Å²) in [5, 5.41) is 0. The van der Waals surface area contributed by atoms with Gasteiger partial charge in [0.1, 0.15) is 5.76 Å². The highest BCUT2D eigenvalue weighted by Gasteiger charge is 2.26. The van der Waals surface area contributed by atoms with E-state index in [-0.39, 0.29) is 5.91 Å². The van der Waals surface area contributed by atoms with E-state index < -0.39 is 0 Å². The highest BCUT2D eigenvalue weighted by atomic mass is 16.4. The zero-order chi connectivity index (χ0) is 13.8.